The highest BCUT2D eigenvalue weighted by molar-refractivity contribution is 4.57. The third-order valence-corrected chi connectivity index (χ3v) is 5.95. The van der Waals surface area contributed by atoms with Crippen molar-refractivity contribution in [2.45, 2.75) is 103 Å². The largest absolute Gasteiger partial charge is 0.379 e. The van der Waals surface area contributed by atoms with Gasteiger partial charge in [-0.05, 0) is 6.42 Å². The first-order valence-electron chi connectivity index (χ1n) is 13.9. The van der Waals surface area contributed by atoms with Crippen LogP contribution in [0.25, 0.3) is 0 Å². The molecule has 0 aromatic rings. The number of hydrogen-bond acceptors (Lipinski definition) is 6. The van der Waals surface area contributed by atoms with Gasteiger partial charge in [0.25, 0.3) is 0 Å². The molecule has 0 saturated carbocycles. The second kappa shape index (κ2) is 26.4. The van der Waals surface area contributed by atoms with Crippen molar-refractivity contribution < 1.29 is 28.4 Å². The van der Waals surface area contributed by atoms with E-state index in [2.05, 4.69) is 6.92 Å². The number of unbranched alkanes of at least 4 members (excludes halogenated alkanes) is 13. The molecule has 1 heterocycles. The third-order valence-electron chi connectivity index (χ3n) is 5.95. The van der Waals surface area contributed by atoms with Gasteiger partial charge in [0.05, 0.1) is 66.1 Å². The summed E-state index contributed by atoms with van der Waals surface area (Å²) in [5, 5.41) is 0. The first kappa shape index (κ1) is 30.8. The van der Waals surface area contributed by atoms with Crippen molar-refractivity contribution in [2.75, 3.05) is 72.7 Å². The molecule has 1 saturated heterocycles. The highest BCUT2D eigenvalue weighted by Gasteiger charge is 2.10. The van der Waals surface area contributed by atoms with Gasteiger partial charge in [-0.2, -0.15) is 0 Å². The first-order chi connectivity index (χ1) is 16.4. The summed E-state index contributed by atoms with van der Waals surface area (Å²) in [7, 11) is 0. The molecular weight excluding hydrogens is 420 g/mol. The molecule has 6 nitrogen and oxygen atoms in total. The van der Waals surface area contributed by atoms with E-state index in [1.807, 2.05) is 0 Å². The van der Waals surface area contributed by atoms with E-state index in [9.17, 15) is 0 Å². The van der Waals surface area contributed by atoms with E-state index < -0.39 is 0 Å². The number of hydrogen-bond donors (Lipinski definition) is 0. The molecule has 198 valence electrons. The Bertz CT molecular complexity index is 353. The van der Waals surface area contributed by atoms with Crippen LogP contribution in [0, 0.1) is 0 Å². The van der Waals surface area contributed by atoms with Crippen LogP contribution in [0.4, 0.5) is 0 Å². The molecule has 6 heteroatoms. The zero-order valence-electron chi connectivity index (χ0n) is 21.7. The maximum atomic E-state index is 5.89. The molecule has 1 fully saturated rings. The Morgan fingerprint density at radius 3 is 1.45 bits per heavy atom. The molecule has 0 aromatic carbocycles. The van der Waals surface area contributed by atoms with Crippen LogP contribution < -0.4 is 0 Å². The Kier molecular flexibility index (Phi) is 24.6. The monoisotopic (exact) mass is 474 g/mol. The van der Waals surface area contributed by atoms with Crippen LogP contribution in [-0.4, -0.2) is 78.8 Å². The molecule has 1 aliphatic rings. The highest BCUT2D eigenvalue weighted by Crippen LogP contribution is 2.13. The fourth-order valence-corrected chi connectivity index (χ4v) is 3.91. The standard InChI is InChI=1S/C27H54O6/c1-2-3-4-5-6-7-8-9-10-11-12-13-14-15-16-31-25-27-26-32-22-21-29-18-17-28-19-20-30-23-24-33-27/h27H,2-26H2,1H3. The molecule has 1 atom stereocenters. The minimum Gasteiger partial charge on any atom is -0.379 e. The fraction of sp³-hybridized carbons (Fsp3) is 1.00. The van der Waals surface area contributed by atoms with Crippen molar-refractivity contribution in [3.63, 3.8) is 0 Å². The van der Waals surface area contributed by atoms with Crippen molar-refractivity contribution in [2.24, 2.45) is 0 Å². The summed E-state index contributed by atoms with van der Waals surface area (Å²) >= 11 is 0. The van der Waals surface area contributed by atoms with Crippen LogP contribution in [0.5, 0.6) is 0 Å². The van der Waals surface area contributed by atoms with E-state index in [0.717, 1.165) is 13.0 Å². The van der Waals surface area contributed by atoms with E-state index >= 15 is 0 Å². The molecule has 0 aliphatic carbocycles. The average Bonchev–Trinajstić information content (AvgIpc) is 2.84. The molecular formula is C27H54O6. The molecule has 33 heavy (non-hydrogen) atoms. The first-order valence-corrected chi connectivity index (χ1v) is 13.9. The maximum Gasteiger partial charge on any atom is 0.104 e. The molecule has 1 rings (SSSR count). The SMILES string of the molecule is CCCCCCCCCCCCCCCCOCC1COCCOCCOCCOCCO1. The second-order valence-electron chi connectivity index (χ2n) is 9.08. The predicted molar refractivity (Wildman–Crippen MR) is 134 cm³/mol. The van der Waals surface area contributed by atoms with Crippen LogP contribution in [0.1, 0.15) is 96.8 Å². The van der Waals surface area contributed by atoms with Gasteiger partial charge in [-0.1, -0.05) is 90.4 Å². The highest BCUT2D eigenvalue weighted by atomic mass is 16.6. The van der Waals surface area contributed by atoms with Gasteiger partial charge in [0.1, 0.15) is 6.10 Å². The molecule has 0 amide bonds. The van der Waals surface area contributed by atoms with Gasteiger partial charge in [0.15, 0.2) is 0 Å². The maximum absolute atomic E-state index is 5.89. The van der Waals surface area contributed by atoms with Gasteiger partial charge in [-0.15, -0.1) is 0 Å². The summed E-state index contributed by atoms with van der Waals surface area (Å²) in [4.78, 5) is 0. The van der Waals surface area contributed by atoms with Crippen LogP contribution in [0.3, 0.4) is 0 Å². The van der Waals surface area contributed by atoms with Gasteiger partial charge in [-0.25, -0.2) is 0 Å². The summed E-state index contributed by atoms with van der Waals surface area (Å²) in [6, 6.07) is 0. The topological polar surface area (TPSA) is 55.4 Å². The Labute approximate surface area is 204 Å². The molecule has 1 aliphatic heterocycles. The average molecular weight is 475 g/mol. The lowest BCUT2D eigenvalue weighted by atomic mass is 10.0. The van der Waals surface area contributed by atoms with Crippen LogP contribution >= 0.6 is 0 Å². The van der Waals surface area contributed by atoms with Crippen molar-refractivity contribution in [1.82, 2.24) is 0 Å². The Balaban J connectivity index is 1.91. The van der Waals surface area contributed by atoms with Gasteiger partial charge in [-0.3, -0.25) is 0 Å². The number of ether oxygens (including phenoxy) is 6. The van der Waals surface area contributed by atoms with Crippen LogP contribution in [0.2, 0.25) is 0 Å². The summed E-state index contributed by atoms with van der Waals surface area (Å²) < 4.78 is 33.9. The summed E-state index contributed by atoms with van der Waals surface area (Å²) in [6.07, 6.45) is 19.2. The molecule has 0 radical (unpaired) electrons. The van der Waals surface area contributed by atoms with Gasteiger partial charge in [0.2, 0.25) is 0 Å². The minimum atomic E-state index is -0.0541. The minimum absolute atomic E-state index is 0.0541. The van der Waals surface area contributed by atoms with E-state index in [0.29, 0.717) is 66.1 Å². The van der Waals surface area contributed by atoms with E-state index in [1.165, 1.54) is 83.5 Å². The lowest BCUT2D eigenvalue weighted by Gasteiger charge is -2.18. The van der Waals surface area contributed by atoms with E-state index in [1.54, 1.807) is 0 Å². The van der Waals surface area contributed by atoms with Crippen molar-refractivity contribution in [3.05, 3.63) is 0 Å². The Morgan fingerprint density at radius 1 is 0.515 bits per heavy atom. The molecule has 0 N–H and O–H groups in total. The molecule has 0 bridgehead atoms. The predicted octanol–water partition coefficient (Wildman–Crippen LogP) is 5.95. The van der Waals surface area contributed by atoms with Crippen molar-refractivity contribution in [1.29, 1.82) is 0 Å². The van der Waals surface area contributed by atoms with Gasteiger partial charge in [0, 0.05) is 6.61 Å². The Hall–Kier alpha value is -0.240. The lowest BCUT2D eigenvalue weighted by molar-refractivity contribution is -0.0778. The molecule has 0 spiro atoms. The van der Waals surface area contributed by atoms with Crippen LogP contribution in [0.15, 0.2) is 0 Å². The quantitative estimate of drug-likeness (QED) is 0.243. The zero-order chi connectivity index (χ0) is 23.5. The zero-order valence-corrected chi connectivity index (χ0v) is 21.7. The normalized spacial score (nSPS) is 19.7. The fourth-order valence-electron chi connectivity index (χ4n) is 3.91. The summed E-state index contributed by atoms with van der Waals surface area (Å²) in [5.41, 5.74) is 0. The van der Waals surface area contributed by atoms with E-state index in [-0.39, 0.29) is 6.10 Å². The van der Waals surface area contributed by atoms with Crippen LogP contribution in [-0.2, 0) is 28.4 Å². The lowest BCUT2D eigenvalue weighted by Crippen LogP contribution is -2.28. The van der Waals surface area contributed by atoms with Gasteiger partial charge < -0.3 is 28.4 Å². The third kappa shape index (κ3) is 23.3. The molecule has 1 unspecified atom stereocenters. The molecule has 0 aromatic heterocycles. The number of rotatable bonds is 17. The smallest absolute Gasteiger partial charge is 0.104 e. The summed E-state index contributed by atoms with van der Waals surface area (Å²) in [5.74, 6) is 0. The van der Waals surface area contributed by atoms with Crippen molar-refractivity contribution in [3.8, 4) is 0 Å². The summed E-state index contributed by atoms with van der Waals surface area (Å²) in [6.45, 7) is 8.79. The second-order valence-corrected chi connectivity index (χ2v) is 9.08. The van der Waals surface area contributed by atoms with Crippen molar-refractivity contribution >= 4 is 0 Å². The van der Waals surface area contributed by atoms with E-state index in [4.69, 9.17) is 28.4 Å². The Morgan fingerprint density at radius 2 is 0.939 bits per heavy atom. The van der Waals surface area contributed by atoms with Gasteiger partial charge >= 0.3 is 0 Å².